The molecule has 19 heavy (non-hydrogen) atoms. The van der Waals surface area contributed by atoms with Crippen molar-refractivity contribution in [1.82, 2.24) is 10.2 Å². The van der Waals surface area contributed by atoms with Crippen LogP contribution >= 0.6 is 0 Å². The van der Waals surface area contributed by atoms with Crippen molar-refractivity contribution in [3.05, 3.63) is 35.4 Å². The van der Waals surface area contributed by atoms with Gasteiger partial charge in [-0.1, -0.05) is 13.8 Å². The molecule has 100 valence electrons. The van der Waals surface area contributed by atoms with Gasteiger partial charge in [0.1, 0.15) is 11.6 Å². The van der Waals surface area contributed by atoms with E-state index in [0.29, 0.717) is 11.7 Å². The van der Waals surface area contributed by atoms with Crippen LogP contribution in [0.2, 0.25) is 0 Å². The van der Waals surface area contributed by atoms with Crippen molar-refractivity contribution in [2.45, 2.75) is 26.7 Å². The molecular formula is C15H19N3O. The van der Waals surface area contributed by atoms with E-state index in [9.17, 15) is 0 Å². The summed E-state index contributed by atoms with van der Waals surface area (Å²) in [6.45, 7) is 6.33. The lowest BCUT2D eigenvalue weighted by atomic mass is 9.95. The summed E-state index contributed by atoms with van der Waals surface area (Å²) in [4.78, 5) is 0. The largest absolute Gasteiger partial charge is 0.496 e. The monoisotopic (exact) mass is 257 g/mol. The molecular weight excluding hydrogens is 238 g/mol. The Kier molecular flexibility index (Phi) is 3.69. The Morgan fingerprint density at radius 1 is 1.16 bits per heavy atom. The van der Waals surface area contributed by atoms with Gasteiger partial charge in [-0.3, -0.25) is 0 Å². The molecule has 0 atom stereocenters. The Hall–Kier alpha value is -2.10. The Balaban J connectivity index is 2.57. The Morgan fingerprint density at radius 3 is 2.42 bits per heavy atom. The Labute approximate surface area is 113 Å². The molecule has 0 spiro atoms. The maximum atomic E-state index is 5.57. The molecule has 0 fully saturated rings. The lowest BCUT2D eigenvalue weighted by Crippen LogP contribution is -1.99. The second-order valence-electron chi connectivity index (χ2n) is 4.91. The van der Waals surface area contributed by atoms with Crippen LogP contribution < -0.4 is 10.5 Å². The molecule has 1 heterocycles. The lowest BCUT2D eigenvalue weighted by molar-refractivity contribution is 0.407. The van der Waals surface area contributed by atoms with Gasteiger partial charge in [0, 0.05) is 5.56 Å². The van der Waals surface area contributed by atoms with Crippen LogP contribution in [-0.2, 0) is 0 Å². The molecule has 4 heteroatoms. The molecule has 4 nitrogen and oxygen atoms in total. The number of nitrogens with two attached hydrogens (primary N) is 1. The van der Waals surface area contributed by atoms with Crippen molar-refractivity contribution < 1.29 is 4.74 Å². The van der Waals surface area contributed by atoms with Crippen molar-refractivity contribution in [3.8, 4) is 17.0 Å². The van der Waals surface area contributed by atoms with E-state index >= 15 is 0 Å². The van der Waals surface area contributed by atoms with Crippen molar-refractivity contribution in [2.75, 3.05) is 12.8 Å². The van der Waals surface area contributed by atoms with Crippen LogP contribution in [0.15, 0.2) is 24.3 Å². The van der Waals surface area contributed by atoms with Gasteiger partial charge in [0.05, 0.1) is 12.8 Å². The second kappa shape index (κ2) is 5.26. The molecule has 0 aliphatic carbocycles. The van der Waals surface area contributed by atoms with E-state index in [4.69, 9.17) is 10.5 Å². The quantitative estimate of drug-likeness (QED) is 0.917. The first-order valence-electron chi connectivity index (χ1n) is 6.31. The molecule has 0 saturated carbocycles. The minimum absolute atomic E-state index is 0.385. The summed E-state index contributed by atoms with van der Waals surface area (Å²) in [5.74, 6) is 1.73. The average Bonchev–Trinajstić information content (AvgIpc) is 2.39. The highest BCUT2D eigenvalue weighted by Gasteiger charge is 2.13. The average molecular weight is 257 g/mol. The number of nitrogen functional groups attached to an aromatic ring is 1. The number of ether oxygens (including phenoxy) is 1. The molecule has 0 radical (unpaired) electrons. The van der Waals surface area contributed by atoms with E-state index in [0.717, 1.165) is 22.6 Å². The van der Waals surface area contributed by atoms with Crippen LogP contribution in [0.4, 0.5) is 5.82 Å². The molecule has 2 rings (SSSR count). The molecule has 0 bridgehead atoms. The molecule has 0 aliphatic heterocycles. The summed E-state index contributed by atoms with van der Waals surface area (Å²) in [5, 5.41) is 8.06. The van der Waals surface area contributed by atoms with Crippen LogP contribution in [0.1, 0.15) is 30.9 Å². The summed E-state index contributed by atoms with van der Waals surface area (Å²) in [6.07, 6.45) is 0. The summed E-state index contributed by atoms with van der Waals surface area (Å²) in [7, 11) is 1.70. The van der Waals surface area contributed by atoms with Crippen molar-refractivity contribution in [2.24, 2.45) is 0 Å². The van der Waals surface area contributed by atoms with Gasteiger partial charge in [-0.05, 0) is 48.2 Å². The van der Waals surface area contributed by atoms with Crippen LogP contribution in [0.25, 0.3) is 11.3 Å². The number of nitrogens with zero attached hydrogens (tertiary/aromatic N) is 2. The third kappa shape index (κ3) is 2.67. The first kappa shape index (κ1) is 13.3. The molecule has 0 aliphatic rings. The van der Waals surface area contributed by atoms with Crippen molar-refractivity contribution in [1.29, 1.82) is 0 Å². The second-order valence-corrected chi connectivity index (χ2v) is 4.91. The number of hydrogen-bond donors (Lipinski definition) is 1. The fourth-order valence-electron chi connectivity index (χ4n) is 2.09. The number of methoxy groups -OCH3 is 1. The summed E-state index contributed by atoms with van der Waals surface area (Å²) in [6, 6.07) is 7.82. The minimum Gasteiger partial charge on any atom is -0.496 e. The number of aromatic nitrogens is 2. The topological polar surface area (TPSA) is 61.0 Å². The van der Waals surface area contributed by atoms with E-state index in [2.05, 4.69) is 30.1 Å². The zero-order valence-electron chi connectivity index (χ0n) is 11.8. The van der Waals surface area contributed by atoms with Gasteiger partial charge in [0.2, 0.25) is 0 Å². The Bertz CT molecular complexity index is 577. The predicted octanol–water partition coefficient (Wildman–Crippen LogP) is 3.17. The molecule has 1 aromatic carbocycles. The van der Waals surface area contributed by atoms with Crippen LogP contribution in [-0.4, -0.2) is 17.3 Å². The zero-order valence-corrected chi connectivity index (χ0v) is 11.8. The van der Waals surface area contributed by atoms with E-state index < -0.39 is 0 Å². The number of benzene rings is 1. The molecule has 0 amide bonds. The fourth-order valence-corrected chi connectivity index (χ4v) is 2.09. The maximum Gasteiger partial charge on any atom is 0.146 e. The lowest BCUT2D eigenvalue weighted by Gasteiger charge is -2.15. The molecule has 2 aromatic rings. The van der Waals surface area contributed by atoms with E-state index in [1.807, 2.05) is 19.1 Å². The van der Waals surface area contributed by atoms with E-state index in [1.54, 1.807) is 13.2 Å². The standard InChI is InChI=1S/C15H19N3O/c1-9(2)11-8-12(10(3)7-14(11)19-4)13-5-6-15(16)18-17-13/h5-9H,1-4H3,(H2,16,18). The normalized spacial score (nSPS) is 10.8. The first-order valence-corrected chi connectivity index (χ1v) is 6.31. The third-order valence-corrected chi connectivity index (χ3v) is 3.16. The van der Waals surface area contributed by atoms with Crippen molar-refractivity contribution in [3.63, 3.8) is 0 Å². The van der Waals surface area contributed by atoms with E-state index in [1.165, 1.54) is 5.56 Å². The maximum absolute atomic E-state index is 5.57. The predicted molar refractivity (Wildman–Crippen MR) is 77.3 cm³/mol. The molecule has 0 unspecified atom stereocenters. The highest BCUT2D eigenvalue weighted by atomic mass is 16.5. The number of aryl methyl sites for hydroxylation is 1. The number of rotatable bonds is 3. The van der Waals surface area contributed by atoms with E-state index in [-0.39, 0.29) is 0 Å². The van der Waals surface area contributed by atoms with Gasteiger partial charge >= 0.3 is 0 Å². The van der Waals surface area contributed by atoms with Gasteiger partial charge in [0.25, 0.3) is 0 Å². The highest BCUT2D eigenvalue weighted by molar-refractivity contribution is 5.67. The van der Waals surface area contributed by atoms with Gasteiger partial charge in [-0.2, -0.15) is 0 Å². The van der Waals surface area contributed by atoms with Gasteiger partial charge in [0.15, 0.2) is 0 Å². The van der Waals surface area contributed by atoms with Crippen LogP contribution in [0.3, 0.4) is 0 Å². The van der Waals surface area contributed by atoms with Gasteiger partial charge in [-0.25, -0.2) is 0 Å². The van der Waals surface area contributed by atoms with Gasteiger partial charge in [-0.15, -0.1) is 10.2 Å². The number of hydrogen-bond acceptors (Lipinski definition) is 4. The van der Waals surface area contributed by atoms with Crippen molar-refractivity contribution >= 4 is 5.82 Å². The highest BCUT2D eigenvalue weighted by Crippen LogP contribution is 2.33. The zero-order chi connectivity index (χ0) is 14.0. The van der Waals surface area contributed by atoms with Crippen LogP contribution in [0.5, 0.6) is 5.75 Å². The molecule has 1 aromatic heterocycles. The first-order chi connectivity index (χ1) is 9.02. The van der Waals surface area contributed by atoms with Gasteiger partial charge < -0.3 is 10.5 Å². The summed E-state index contributed by atoms with van der Waals surface area (Å²) in [5.41, 5.74) is 9.75. The summed E-state index contributed by atoms with van der Waals surface area (Å²) >= 11 is 0. The Morgan fingerprint density at radius 2 is 1.89 bits per heavy atom. The molecule has 2 N–H and O–H groups in total. The SMILES string of the molecule is COc1cc(C)c(-c2ccc(N)nn2)cc1C(C)C. The number of anilines is 1. The minimum atomic E-state index is 0.385. The molecule has 0 saturated heterocycles. The van der Waals surface area contributed by atoms with Crippen LogP contribution in [0, 0.1) is 6.92 Å². The fraction of sp³-hybridized carbons (Fsp3) is 0.333. The smallest absolute Gasteiger partial charge is 0.146 e. The summed E-state index contributed by atoms with van der Waals surface area (Å²) < 4.78 is 5.44. The third-order valence-electron chi connectivity index (χ3n) is 3.16.